The minimum atomic E-state index is -1.10. The molecule has 0 aromatic carbocycles. The summed E-state index contributed by atoms with van der Waals surface area (Å²) in [4.78, 5) is 34.2. The molecule has 0 aromatic heterocycles. The Kier molecular flexibility index (Phi) is 11.5. The van der Waals surface area contributed by atoms with Crippen molar-refractivity contribution in [1.82, 2.24) is 5.32 Å². The highest BCUT2D eigenvalue weighted by atomic mass is 32.2. The van der Waals surface area contributed by atoms with E-state index in [-0.39, 0.29) is 12.2 Å². The van der Waals surface area contributed by atoms with Crippen LogP contribution in [0.4, 0.5) is 0 Å². The highest BCUT2D eigenvalue weighted by Crippen LogP contribution is 2.38. The highest BCUT2D eigenvalue weighted by Gasteiger charge is 2.48. The third-order valence-electron chi connectivity index (χ3n) is 5.02. The van der Waals surface area contributed by atoms with Crippen molar-refractivity contribution in [2.75, 3.05) is 11.5 Å². The van der Waals surface area contributed by atoms with Crippen LogP contribution in [-0.2, 0) is 14.4 Å². The van der Waals surface area contributed by atoms with Crippen LogP contribution >= 0.6 is 11.8 Å². The molecular formula is C23H35NO5S. The average Bonchev–Trinajstić information content (AvgIpc) is 3.44. The summed E-state index contributed by atoms with van der Waals surface area (Å²) in [6, 6.07) is -1.00. The number of carboxylic acids is 2. The summed E-state index contributed by atoms with van der Waals surface area (Å²) in [7, 11) is 0. The zero-order valence-electron chi connectivity index (χ0n) is 18.4. The van der Waals surface area contributed by atoms with Gasteiger partial charge in [0.15, 0.2) is 0 Å². The second kappa shape index (κ2) is 13.3. The number of carbonyl (C=O) groups excluding carboxylic acids is 1. The molecule has 3 unspecified atom stereocenters. The lowest BCUT2D eigenvalue weighted by atomic mass is 10.1. The molecule has 0 bridgehead atoms. The topological polar surface area (TPSA) is 104 Å². The smallest absolute Gasteiger partial charge is 0.327 e. The van der Waals surface area contributed by atoms with Gasteiger partial charge < -0.3 is 15.5 Å². The summed E-state index contributed by atoms with van der Waals surface area (Å²) >= 11 is 1.44. The number of carbonyl (C=O) groups is 3. The zero-order chi connectivity index (χ0) is 22.7. The first-order valence-electron chi connectivity index (χ1n) is 10.4. The zero-order valence-corrected chi connectivity index (χ0v) is 19.3. The van der Waals surface area contributed by atoms with Crippen LogP contribution in [0.5, 0.6) is 0 Å². The van der Waals surface area contributed by atoms with Crippen molar-refractivity contribution in [3.05, 3.63) is 34.9 Å². The maximum atomic E-state index is 12.0. The van der Waals surface area contributed by atoms with Gasteiger partial charge in [0, 0.05) is 11.5 Å². The number of hydrogen-bond acceptors (Lipinski definition) is 4. The lowest BCUT2D eigenvalue weighted by Gasteiger charge is -2.13. The van der Waals surface area contributed by atoms with Crippen LogP contribution in [0.3, 0.4) is 0 Å². The monoisotopic (exact) mass is 437 g/mol. The Balaban J connectivity index is 2.30. The molecule has 0 aliphatic heterocycles. The van der Waals surface area contributed by atoms with E-state index in [4.69, 9.17) is 5.11 Å². The van der Waals surface area contributed by atoms with Crippen LogP contribution in [0, 0.1) is 11.8 Å². The van der Waals surface area contributed by atoms with Gasteiger partial charge in [-0.25, -0.2) is 4.79 Å². The molecule has 0 heterocycles. The third kappa shape index (κ3) is 10.7. The molecule has 1 amide bonds. The number of carboxylic acid groups (broad SMARTS) is 2. The van der Waals surface area contributed by atoms with Crippen molar-refractivity contribution in [3.8, 4) is 0 Å². The SMILES string of the molecule is CC(C)=CCCC(C)=CCCC(C)=CCSCC(NC(=O)C1CC1C(=O)O)C(=O)O. The van der Waals surface area contributed by atoms with Gasteiger partial charge in [0.25, 0.3) is 0 Å². The second-order valence-corrected chi connectivity index (χ2v) is 9.26. The standard InChI is InChI=1S/C23H35NO5S/c1-15(2)7-5-8-16(3)9-6-10-17(4)11-12-30-14-20(23(28)29)24-21(25)18-13-19(18)22(26)27/h7,9,11,18-20H,5-6,8,10,12-14H2,1-4H3,(H,24,25)(H,26,27)(H,28,29). The van der Waals surface area contributed by atoms with Crippen LogP contribution < -0.4 is 5.32 Å². The van der Waals surface area contributed by atoms with Gasteiger partial charge >= 0.3 is 11.9 Å². The van der Waals surface area contributed by atoms with E-state index in [1.807, 2.05) is 0 Å². The molecule has 1 saturated carbocycles. The predicted molar refractivity (Wildman–Crippen MR) is 122 cm³/mol. The fraction of sp³-hybridized carbons (Fsp3) is 0.609. The average molecular weight is 438 g/mol. The first-order valence-corrected chi connectivity index (χ1v) is 11.6. The summed E-state index contributed by atoms with van der Waals surface area (Å²) in [5, 5.41) is 20.6. The van der Waals surface area contributed by atoms with Crippen LogP contribution in [0.1, 0.15) is 59.8 Å². The van der Waals surface area contributed by atoms with Gasteiger partial charge in [0.1, 0.15) is 6.04 Å². The fourth-order valence-electron chi connectivity index (χ4n) is 2.94. The van der Waals surface area contributed by atoms with Crippen molar-refractivity contribution < 1.29 is 24.6 Å². The molecular weight excluding hydrogens is 402 g/mol. The molecule has 0 aromatic rings. The van der Waals surface area contributed by atoms with E-state index in [1.54, 1.807) is 0 Å². The number of amides is 1. The van der Waals surface area contributed by atoms with Gasteiger partial charge in [-0.05, 0) is 59.8 Å². The lowest BCUT2D eigenvalue weighted by molar-refractivity contribution is -0.142. The molecule has 3 atom stereocenters. The molecule has 1 fully saturated rings. The van der Waals surface area contributed by atoms with E-state index in [2.05, 4.69) is 51.2 Å². The lowest BCUT2D eigenvalue weighted by Crippen LogP contribution is -2.43. The first-order chi connectivity index (χ1) is 14.1. The van der Waals surface area contributed by atoms with E-state index in [0.29, 0.717) is 5.75 Å². The molecule has 1 aliphatic carbocycles. The quantitative estimate of drug-likeness (QED) is 0.274. The van der Waals surface area contributed by atoms with Crippen LogP contribution in [-0.4, -0.2) is 45.6 Å². The number of nitrogens with one attached hydrogen (secondary N) is 1. The predicted octanol–water partition coefficient (Wildman–Crippen LogP) is 4.43. The summed E-state index contributed by atoms with van der Waals surface area (Å²) < 4.78 is 0. The van der Waals surface area contributed by atoms with E-state index in [1.165, 1.54) is 28.5 Å². The Bertz CT molecular complexity index is 706. The number of allylic oxidation sites excluding steroid dienone is 5. The van der Waals surface area contributed by atoms with Gasteiger partial charge in [-0.1, -0.05) is 34.9 Å². The van der Waals surface area contributed by atoms with Crippen LogP contribution in [0.2, 0.25) is 0 Å². The summed E-state index contributed by atoms with van der Waals surface area (Å²) in [5.41, 5.74) is 4.00. The number of rotatable bonds is 14. The molecule has 3 N–H and O–H groups in total. The molecule has 168 valence electrons. The van der Waals surface area contributed by atoms with Crippen molar-refractivity contribution in [3.63, 3.8) is 0 Å². The molecule has 6 nitrogen and oxygen atoms in total. The normalized spacial score (nSPS) is 19.7. The van der Waals surface area contributed by atoms with Crippen LogP contribution in [0.15, 0.2) is 34.9 Å². The summed E-state index contributed by atoms with van der Waals surface area (Å²) in [5.74, 6) is -2.94. The van der Waals surface area contributed by atoms with Crippen molar-refractivity contribution in [2.45, 2.75) is 65.8 Å². The van der Waals surface area contributed by atoms with Gasteiger partial charge in [0.05, 0.1) is 11.8 Å². The molecule has 30 heavy (non-hydrogen) atoms. The molecule has 1 rings (SSSR count). The highest BCUT2D eigenvalue weighted by molar-refractivity contribution is 7.99. The molecule has 7 heteroatoms. The third-order valence-corrected chi connectivity index (χ3v) is 5.99. The summed E-state index contributed by atoms with van der Waals surface area (Å²) in [6.45, 7) is 8.45. The first kappa shape index (κ1) is 26.0. The molecule has 0 spiro atoms. The number of aliphatic carboxylic acids is 2. The van der Waals surface area contributed by atoms with E-state index >= 15 is 0 Å². The fourth-order valence-corrected chi connectivity index (χ4v) is 3.94. The second-order valence-electron chi connectivity index (χ2n) is 8.18. The van der Waals surface area contributed by atoms with Crippen LogP contribution in [0.25, 0.3) is 0 Å². The van der Waals surface area contributed by atoms with E-state index in [9.17, 15) is 19.5 Å². The maximum absolute atomic E-state index is 12.0. The number of hydrogen-bond donors (Lipinski definition) is 3. The Morgan fingerprint density at radius 2 is 1.57 bits per heavy atom. The van der Waals surface area contributed by atoms with Gasteiger partial charge in [-0.3, -0.25) is 9.59 Å². The minimum Gasteiger partial charge on any atom is -0.481 e. The van der Waals surface area contributed by atoms with E-state index in [0.717, 1.165) is 25.7 Å². The molecule has 0 radical (unpaired) electrons. The Morgan fingerprint density at radius 3 is 2.10 bits per heavy atom. The minimum absolute atomic E-state index is 0.249. The van der Waals surface area contributed by atoms with Crippen molar-refractivity contribution >= 4 is 29.6 Å². The van der Waals surface area contributed by atoms with E-state index < -0.39 is 35.7 Å². The number of thioether (sulfide) groups is 1. The Morgan fingerprint density at radius 1 is 0.967 bits per heavy atom. The van der Waals surface area contributed by atoms with Crippen molar-refractivity contribution in [1.29, 1.82) is 0 Å². The Labute approximate surface area is 183 Å². The van der Waals surface area contributed by atoms with Gasteiger partial charge in [-0.2, -0.15) is 11.8 Å². The Hall–Kier alpha value is -2.02. The van der Waals surface area contributed by atoms with Crippen molar-refractivity contribution in [2.24, 2.45) is 11.8 Å². The summed E-state index contributed by atoms with van der Waals surface area (Å²) in [6.07, 6.45) is 11.0. The molecule has 1 aliphatic rings. The van der Waals surface area contributed by atoms with Gasteiger partial charge in [0.2, 0.25) is 5.91 Å². The molecule has 0 saturated heterocycles. The largest absolute Gasteiger partial charge is 0.481 e. The maximum Gasteiger partial charge on any atom is 0.327 e. The van der Waals surface area contributed by atoms with Gasteiger partial charge in [-0.15, -0.1) is 0 Å².